The fourth-order valence-corrected chi connectivity index (χ4v) is 2.50. The molecule has 1 aliphatic rings. The van der Waals surface area contributed by atoms with Crippen molar-refractivity contribution >= 4 is 23.5 Å². The van der Waals surface area contributed by atoms with Gasteiger partial charge in [0.2, 0.25) is 0 Å². The SMILES string of the molecule is CSc1ccc(C(=O)C2(C(=O)O)CCC2)cc1. The predicted octanol–water partition coefficient (Wildman–Crippen LogP) is 2.85. The Balaban J connectivity index is 2.27. The van der Waals surface area contributed by atoms with Crippen molar-refractivity contribution in [2.24, 2.45) is 5.41 Å². The first-order valence-electron chi connectivity index (χ1n) is 5.52. The van der Waals surface area contributed by atoms with E-state index < -0.39 is 11.4 Å². The molecular weight excluding hydrogens is 236 g/mol. The lowest BCUT2D eigenvalue weighted by atomic mass is 9.64. The topological polar surface area (TPSA) is 54.4 Å². The number of carbonyl (C=O) groups excluding carboxylic acids is 1. The number of aliphatic carboxylic acids is 1. The molecule has 1 N–H and O–H groups in total. The van der Waals surface area contributed by atoms with Crippen LogP contribution in [-0.2, 0) is 4.79 Å². The van der Waals surface area contributed by atoms with Gasteiger partial charge >= 0.3 is 5.97 Å². The highest BCUT2D eigenvalue weighted by Crippen LogP contribution is 2.43. The monoisotopic (exact) mass is 250 g/mol. The molecule has 0 heterocycles. The summed E-state index contributed by atoms with van der Waals surface area (Å²) in [5.74, 6) is -1.23. The summed E-state index contributed by atoms with van der Waals surface area (Å²) in [6.45, 7) is 0. The second kappa shape index (κ2) is 4.53. The molecule has 1 aromatic carbocycles. The maximum Gasteiger partial charge on any atom is 0.317 e. The Bertz CT molecular complexity index is 446. The molecule has 0 amide bonds. The van der Waals surface area contributed by atoms with Crippen LogP contribution in [0.1, 0.15) is 29.6 Å². The largest absolute Gasteiger partial charge is 0.480 e. The zero-order valence-corrected chi connectivity index (χ0v) is 10.4. The summed E-state index contributed by atoms with van der Waals surface area (Å²) in [5, 5.41) is 9.19. The first kappa shape index (κ1) is 12.2. The lowest BCUT2D eigenvalue weighted by Crippen LogP contribution is -2.45. The number of benzene rings is 1. The highest BCUT2D eigenvalue weighted by Gasteiger charge is 2.51. The number of carbonyl (C=O) groups is 2. The molecule has 90 valence electrons. The van der Waals surface area contributed by atoms with Crippen LogP contribution in [0.5, 0.6) is 0 Å². The van der Waals surface area contributed by atoms with E-state index in [0.717, 1.165) is 11.3 Å². The molecule has 17 heavy (non-hydrogen) atoms. The number of hydrogen-bond acceptors (Lipinski definition) is 3. The molecule has 1 saturated carbocycles. The zero-order chi connectivity index (χ0) is 12.5. The van der Waals surface area contributed by atoms with Gasteiger partial charge in [0, 0.05) is 10.5 Å². The highest BCUT2D eigenvalue weighted by molar-refractivity contribution is 7.98. The van der Waals surface area contributed by atoms with E-state index in [1.54, 1.807) is 23.9 Å². The molecule has 1 aromatic rings. The molecule has 0 atom stereocenters. The van der Waals surface area contributed by atoms with Gasteiger partial charge in [-0.2, -0.15) is 0 Å². The molecule has 0 spiro atoms. The average molecular weight is 250 g/mol. The summed E-state index contributed by atoms with van der Waals surface area (Å²) in [4.78, 5) is 24.5. The molecule has 0 saturated heterocycles. The molecule has 1 aliphatic carbocycles. The molecule has 4 heteroatoms. The third-order valence-electron chi connectivity index (χ3n) is 3.40. The van der Waals surface area contributed by atoms with Crippen molar-refractivity contribution in [3.8, 4) is 0 Å². The number of hydrogen-bond donors (Lipinski definition) is 1. The minimum Gasteiger partial charge on any atom is -0.480 e. The van der Waals surface area contributed by atoms with Crippen molar-refractivity contribution in [2.75, 3.05) is 6.26 Å². The van der Waals surface area contributed by atoms with Crippen LogP contribution in [0.4, 0.5) is 0 Å². The fourth-order valence-electron chi connectivity index (χ4n) is 2.09. The molecular formula is C13H14O3S. The fraction of sp³-hybridized carbons (Fsp3) is 0.385. The van der Waals surface area contributed by atoms with Crippen LogP contribution < -0.4 is 0 Å². The maximum atomic E-state index is 12.2. The third kappa shape index (κ3) is 1.97. The Morgan fingerprint density at radius 1 is 1.24 bits per heavy atom. The number of thioether (sulfide) groups is 1. The molecule has 0 unspecified atom stereocenters. The van der Waals surface area contributed by atoms with E-state index in [0.29, 0.717) is 18.4 Å². The number of carboxylic acid groups (broad SMARTS) is 1. The van der Waals surface area contributed by atoms with E-state index in [-0.39, 0.29) is 5.78 Å². The van der Waals surface area contributed by atoms with E-state index >= 15 is 0 Å². The van der Waals surface area contributed by atoms with Gasteiger partial charge < -0.3 is 5.11 Å². The minimum atomic E-state index is -1.15. The van der Waals surface area contributed by atoms with Gasteiger partial charge in [-0.25, -0.2) is 0 Å². The van der Waals surface area contributed by atoms with Gasteiger partial charge in [-0.05, 0) is 31.2 Å². The predicted molar refractivity (Wildman–Crippen MR) is 66.5 cm³/mol. The smallest absolute Gasteiger partial charge is 0.317 e. The van der Waals surface area contributed by atoms with Gasteiger partial charge in [0.25, 0.3) is 0 Å². The van der Waals surface area contributed by atoms with Crippen molar-refractivity contribution in [3.05, 3.63) is 29.8 Å². The Kier molecular flexibility index (Phi) is 3.24. The van der Waals surface area contributed by atoms with Gasteiger partial charge in [0.15, 0.2) is 5.78 Å². The summed E-state index contributed by atoms with van der Waals surface area (Å²) in [6.07, 6.45) is 3.71. The van der Waals surface area contributed by atoms with Crippen molar-refractivity contribution in [1.82, 2.24) is 0 Å². The number of Topliss-reactive ketones (excluding diaryl/α,β-unsaturated/α-hetero) is 1. The van der Waals surface area contributed by atoms with E-state index in [4.69, 9.17) is 0 Å². The third-order valence-corrected chi connectivity index (χ3v) is 4.15. The van der Waals surface area contributed by atoms with Gasteiger partial charge in [-0.1, -0.05) is 18.6 Å². The van der Waals surface area contributed by atoms with Crippen LogP contribution in [0, 0.1) is 5.41 Å². The summed E-state index contributed by atoms with van der Waals surface area (Å²) in [5.41, 5.74) is -0.647. The van der Waals surface area contributed by atoms with Gasteiger partial charge in [0.1, 0.15) is 5.41 Å². The number of rotatable bonds is 4. The molecule has 3 nitrogen and oxygen atoms in total. The van der Waals surface area contributed by atoms with E-state index in [1.807, 2.05) is 18.4 Å². The highest BCUT2D eigenvalue weighted by atomic mass is 32.2. The molecule has 1 fully saturated rings. The quantitative estimate of drug-likeness (QED) is 0.507. The molecule has 0 bridgehead atoms. The first-order valence-corrected chi connectivity index (χ1v) is 6.75. The molecule has 0 aromatic heterocycles. The zero-order valence-electron chi connectivity index (χ0n) is 9.60. The maximum absolute atomic E-state index is 12.2. The van der Waals surface area contributed by atoms with Crippen molar-refractivity contribution in [1.29, 1.82) is 0 Å². The second-order valence-corrected chi connectivity index (χ2v) is 5.18. The van der Waals surface area contributed by atoms with Crippen LogP contribution in [0.2, 0.25) is 0 Å². The van der Waals surface area contributed by atoms with Gasteiger partial charge in [0.05, 0.1) is 0 Å². The van der Waals surface area contributed by atoms with E-state index in [1.165, 1.54) is 0 Å². The normalized spacial score (nSPS) is 17.2. The Hall–Kier alpha value is -1.29. The Labute approximate surface area is 104 Å². The standard InChI is InChI=1S/C13H14O3S/c1-17-10-5-3-9(4-6-10)11(14)13(12(15)16)7-2-8-13/h3-6H,2,7-8H2,1H3,(H,15,16). The molecule has 0 aliphatic heterocycles. The lowest BCUT2D eigenvalue weighted by molar-refractivity contribution is -0.150. The van der Waals surface area contributed by atoms with Crippen LogP contribution >= 0.6 is 11.8 Å². The van der Waals surface area contributed by atoms with E-state index in [9.17, 15) is 14.7 Å². The summed E-state index contributed by atoms with van der Waals surface area (Å²) >= 11 is 1.60. The van der Waals surface area contributed by atoms with Gasteiger partial charge in [-0.3, -0.25) is 9.59 Å². The lowest BCUT2D eigenvalue weighted by Gasteiger charge is -2.35. The first-order chi connectivity index (χ1) is 8.10. The van der Waals surface area contributed by atoms with Crippen LogP contribution in [0.25, 0.3) is 0 Å². The van der Waals surface area contributed by atoms with Gasteiger partial charge in [-0.15, -0.1) is 11.8 Å². The summed E-state index contributed by atoms with van der Waals surface area (Å²) in [7, 11) is 0. The average Bonchev–Trinajstić information content (AvgIpc) is 2.27. The van der Waals surface area contributed by atoms with Crippen molar-refractivity contribution < 1.29 is 14.7 Å². The van der Waals surface area contributed by atoms with Crippen molar-refractivity contribution in [2.45, 2.75) is 24.2 Å². The number of carboxylic acids is 1. The van der Waals surface area contributed by atoms with E-state index in [2.05, 4.69) is 0 Å². The Morgan fingerprint density at radius 2 is 1.82 bits per heavy atom. The second-order valence-electron chi connectivity index (χ2n) is 4.30. The molecule has 0 radical (unpaired) electrons. The van der Waals surface area contributed by atoms with Crippen LogP contribution in [0.3, 0.4) is 0 Å². The number of ketones is 1. The molecule has 2 rings (SSSR count). The summed E-state index contributed by atoms with van der Waals surface area (Å²) in [6, 6.07) is 7.15. The van der Waals surface area contributed by atoms with Crippen LogP contribution in [0.15, 0.2) is 29.2 Å². The van der Waals surface area contributed by atoms with Crippen LogP contribution in [-0.4, -0.2) is 23.1 Å². The minimum absolute atomic E-state index is 0.246. The van der Waals surface area contributed by atoms with Crippen molar-refractivity contribution in [3.63, 3.8) is 0 Å². The Morgan fingerprint density at radius 3 is 2.18 bits per heavy atom. The summed E-state index contributed by atoms with van der Waals surface area (Å²) < 4.78 is 0.